The molecule has 0 aliphatic rings. The average Bonchev–Trinajstić information content (AvgIpc) is 3.08. The topological polar surface area (TPSA) is 104 Å². The molecule has 0 bridgehead atoms. The van der Waals surface area contributed by atoms with E-state index in [1.807, 2.05) is 0 Å². The van der Waals surface area contributed by atoms with Crippen LogP contribution in [0.1, 0.15) is 6.92 Å². The number of nitrogens with two attached hydrogens (primary N) is 1. The number of aromatic nitrogens is 3. The summed E-state index contributed by atoms with van der Waals surface area (Å²) in [5, 5.41) is 10.7. The number of nitrogens with zero attached hydrogens (tertiary/aromatic N) is 3. The summed E-state index contributed by atoms with van der Waals surface area (Å²) in [5.41, 5.74) is 1.19. The highest BCUT2D eigenvalue weighted by molar-refractivity contribution is 8.00. The van der Waals surface area contributed by atoms with Gasteiger partial charge in [0.2, 0.25) is 11.1 Å². The zero-order valence-corrected chi connectivity index (χ0v) is 16.9. The van der Waals surface area contributed by atoms with Crippen molar-refractivity contribution >= 4 is 23.4 Å². The zero-order valence-electron chi connectivity index (χ0n) is 16.0. The molecular formula is C19H20FN5O3S. The number of rotatable bonds is 7. The fraction of sp³-hybridized carbons (Fsp3) is 0.211. The first-order valence-corrected chi connectivity index (χ1v) is 9.47. The third-order valence-electron chi connectivity index (χ3n) is 4.07. The first kappa shape index (κ1) is 20.5. The Morgan fingerprint density at radius 2 is 1.83 bits per heavy atom. The summed E-state index contributed by atoms with van der Waals surface area (Å²) in [5.74, 6) is 6.91. The largest absolute Gasteiger partial charge is 0.493 e. The zero-order chi connectivity index (χ0) is 21.0. The van der Waals surface area contributed by atoms with Gasteiger partial charge in [0.25, 0.3) is 0 Å². The average molecular weight is 417 g/mol. The Balaban J connectivity index is 1.69. The van der Waals surface area contributed by atoms with Crippen LogP contribution in [0.4, 0.5) is 10.1 Å². The number of hydrogen-bond acceptors (Lipinski definition) is 7. The number of ether oxygens (including phenoxy) is 2. The first-order chi connectivity index (χ1) is 13.9. The molecule has 0 radical (unpaired) electrons. The van der Waals surface area contributed by atoms with Crippen molar-refractivity contribution in [3.63, 3.8) is 0 Å². The SMILES string of the molecule is COc1ccc(NC(=O)[C@@H](C)Sc2nnc(-c3ccc(F)cc3)n2N)cc1OC. The van der Waals surface area contributed by atoms with E-state index in [1.165, 1.54) is 31.0 Å². The molecule has 0 unspecified atom stereocenters. The predicted octanol–water partition coefficient (Wildman–Crippen LogP) is 2.93. The van der Waals surface area contributed by atoms with Crippen molar-refractivity contribution in [2.24, 2.45) is 0 Å². The van der Waals surface area contributed by atoms with Crippen LogP contribution in [-0.2, 0) is 4.79 Å². The Bertz CT molecular complexity index is 1010. The summed E-state index contributed by atoms with van der Waals surface area (Å²) >= 11 is 1.16. The van der Waals surface area contributed by atoms with Gasteiger partial charge in [0, 0.05) is 17.3 Å². The summed E-state index contributed by atoms with van der Waals surface area (Å²) in [4.78, 5) is 12.6. The molecule has 3 aromatic rings. The molecule has 0 saturated heterocycles. The number of benzene rings is 2. The van der Waals surface area contributed by atoms with Gasteiger partial charge in [-0.1, -0.05) is 11.8 Å². The number of amides is 1. The van der Waals surface area contributed by atoms with Gasteiger partial charge in [-0.25, -0.2) is 9.07 Å². The summed E-state index contributed by atoms with van der Waals surface area (Å²) in [7, 11) is 3.06. The van der Waals surface area contributed by atoms with Gasteiger partial charge in [-0.2, -0.15) is 0 Å². The molecule has 29 heavy (non-hydrogen) atoms. The minimum atomic E-state index is -0.504. The molecule has 1 aromatic heterocycles. The standard InChI is InChI=1S/C19H20FN5O3S/c1-11(18(26)22-14-8-9-15(27-2)16(10-14)28-3)29-19-24-23-17(25(19)21)12-4-6-13(20)7-5-12/h4-11H,21H2,1-3H3,(H,22,26)/t11-/m1/s1. The van der Waals surface area contributed by atoms with Crippen molar-refractivity contribution < 1.29 is 18.7 Å². The van der Waals surface area contributed by atoms with Gasteiger partial charge in [-0.05, 0) is 43.3 Å². The lowest BCUT2D eigenvalue weighted by atomic mass is 10.2. The van der Waals surface area contributed by atoms with Gasteiger partial charge in [0.05, 0.1) is 19.5 Å². The van der Waals surface area contributed by atoms with Crippen molar-refractivity contribution in [1.82, 2.24) is 14.9 Å². The maximum atomic E-state index is 13.1. The van der Waals surface area contributed by atoms with Crippen LogP contribution in [0, 0.1) is 5.82 Å². The van der Waals surface area contributed by atoms with E-state index in [-0.39, 0.29) is 11.7 Å². The van der Waals surface area contributed by atoms with E-state index in [2.05, 4.69) is 15.5 Å². The minimum absolute atomic E-state index is 0.242. The van der Waals surface area contributed by atoms with Gasteiger partial charge in [0.15, 0.2) is 17.3 Å². The van der Waals surface area contributed by atoms with Crippen LogP contribution in [0.5, 0.6) is 11.5 Å². The van der Waals surface area contributed by atoms with Gasteiger partial charge >= 0.3 is 0 Å². The molecule has 0 aliphatic heterocycles. The number of hydrogen-bond donors (Lipinski definition) is 2. The fourth-order valence-electron chi connectivity index (χ4n) is 2.52. The second-order valence-electron chi connectivity index (χ2n) is 6.00. The number of nitrogens with one attached hydrogen (secondary N) is 1. The van der Waals surface area contributed by atoms with Crippen molar-refractivity contribution in [2.75, 3.05) is 25.4 Å². The highest BCUT2D eigenvalue weighted by Gasteiger charge is 2.20. The molecule has 0 aliphatic carbocycles. The lowest BCUT2D eigenvalue weighted by molar-refractivity contribution is -0.115. The second-order valence-corrected chi connectivity index (χ2v) is 7.31. The van der Waals surface area contributed by atoms with E-state index in [1.54, 1.807) is 37.3 Å². The summed E-state index contributed by atoms with van der Waals surface area (Å²) < 4.78 is 24.8. The molecule has 0 fully saturated rings. The van der Waals surface area contributed by atoms with Gasteiger partial charge < -0.3 is 20.6 Å². The molecule has 2 aromatic carbocycles. The highest BCUT2D eigenvalue weighted by Crippen LogP contribution is 2.30. The van der Waals surface area contributed by atoms with E-state index in [4.69, 9.17) is 15.3 Å². The van der Waals surface area contributed by atoms with Crippen LogP contribution in [0.15, 0.2) is 47.6 Å². The molecule has 0 spiro atoms. The molecule has 3 N–H and O–H groups in total. The van der Waals surface area contributed by atoms with Gasteiger partial charge in [0.1, 0.15) is 5.82 Å². The quantitative estimate of drug-likeness (QED) is 0.450. The van der Waals surface area contributed by atoms with E-state index >= 15 is 0 Å². The number of halogens is 1. The smallest absolute Gasteiger partial charge is 0.237 e. The Hall–Kier alpha value is -3.27. The number of anilines is 1. The Morgan fingerprint density at radius 3 is 2.48 bits per heavy atom. The van der Waals surface area contributed by atoms with Crippen molar-refractivity contribution in [1.29, 1.82) is 0 Å². The maximum absolute atomic E-state index is 13.1. The third-order valence-corrected chi connectivity index (χ3v) is 5.13. The van der Waals surface area contributed by atoms with Crippen molar-refractivity contribution in [3.8, 4) is 22.9 Å². The first-order valence-electron chi connectivity index (χ1n) is 8.59. The second kappa shape index (κ2) is 8.82. The molecule has 3 rings (SSSR count). The Morgan fingerprint density at radius 1 is 1.14 bits per heavy atom. The van der Waals surface area contributed by atoms with Crippen LogP contribution >= 0.6 is 11.8 Å². The van der Waals surface area contributed by atoms with E-state index in [0.29, 0.717) is 33.7 Å². The van der Waals surface area contributed by atoms with Gasteiger partial charge in [-0.15, -0.1) is 10.2 Å². The molecule has 1 heterocycles. The Labute approximate surface area is 171 Å². The van der Waals surface area contributed by atoms with E-state index in [9.17, 15) is 9.18 Å². The number of nitrogen functional groups attached to an aromatic ring is 1. The van der Waals surface area contributed by atoms with Crippen molar-refractivity contribution in [2.45, 2.75) is 17.3 Å². The molecule has 152 valence electrons. The number of carbonyl (C=O) groups is 1. The predicted molar refractivity (Wildman–Crippen MR) is 109 cm³/mol. The number of methoxy groups -OCH3 is 2. The van der Waals surface area contributed by atoms with Crippen molar-refractivity contribution in [3.05, 3.63) is 48.3 Å². The summed E-state index contributed by atoms with van der Waals surface area (Å²) in [6.45, 7) is 1.73. The summed E-state index contributed by atoms with van der Waals surface area (Å²) in [6.07, 6.45) is 0. The molecule has 8 nitrogen and oxygen atoms in total. The normalized spacial score (nSPS) is 11.7. The van der Waals surface area contributed by atoms with E-state index in [0.717, 1.165) is 11.8 Å². The summed E-state index contributed by atoms with van der Waals surface area (Å²) in [6, 6.07) is 10.8. The molecule has 10 heteroatoms. The molecular weight excluding hydrogens is 397 g/mol. The monoisotopic (exact) mass is 417 g/mol. The molecule has 1 atom stereocenters. The van der Waals surface area contributed by atoms with Crippen LogP contribution in [0.2, 0.25) is 0 Å². The maximum Gasteiger partial charge on any atom is 0.237 e. The molecule has 1 amide bonds. The van der Waals surface area contributed by atoms with Crippen LogP contribution in [0.3, 0.4) is 0 Å². The lowest BCUT2D eigenvalue weighted by Gasteiger charge is -2.13. The number of thioether (sulfide) groups is 1. The lowest BCUT2D eigenvalue weighted by Crippen LogP contribution is -2.23. The van der Waals surface area contributed by atoms with Crippen LogP contribution in [0.25, 0.3) is 11.4 Å². The number of carbonyl (C=O) groups excluding carboxylic acids is 1. The fourth-order valence-corrected chi connectivity index (χ4v) is 3.29. The van der Waals surface area contributed by atoms with Crippen LogP contribution in [-0.4, -0.2) is 40.3 Å². The third kappa shape index (κ3) is 4.60. The highest BCUT2D eigenvalue weighted by atomic mass is 32.2. The van der Waals surface area contributed by atoms with E-state index < -0.39 is 5.25 Å². The van der Waals surface area contributed by atoms with Gasteiger partial charge in [-0.3, -0.25) is 4.79 Å². The Kier molecular flexibility index (Phi) is 6.23. The minimum Gasteiger partial charge on any atom is -0.493 e. The molecule has 0 saturated carbocycles. The van der Waals surface area contributed by atoms with Crippen LogP contribution < -0.4 is 20.6 Å².